The molecule has 0 N–H and O–H groups in total. The molecule has 44 valence electrons. The van der Waals surface area contributed by atoms with Gasteiger partial charge in [0.1, 0.15) is 5.82 Å². The van der Waals surface area contributed by atoms with E-state index in [0.29, 0.717) is 0 Å². The summed E-state index contributed by atoms with van der Waals surface area (Å²) in [6.07, 6.45) is 0. The van der Waals surface area contributed by atoms with Crippen molar-refractivity contribution < 1.29 is 8.50 Å². The highest BCUT2D eigenvalue weighted by Crippen LogP contribution is 2.00. The Labute approximate surface area is 56.6 Å². The molecule has 0 spiro atoms. The summed E-state index contributed by atoms with van der Waals surface area (Å²) < 4.78 is 33.9. The zero-order valence-electron chi connectivity index (χ0n) is 7.40. The van der Waals surface area contributed by atoms with Crippen LogP contribution in [0.2, 0.25) is 0 Å². The van der Waals surface area contributed by atoms with Crippen LogP contribution >= 0.6 is 0 Å². The van der Waals surface area contributed by atoms with Crippen LogP contribution in [0.3, 0.4) is 0 Å². The lowest BCUT2D eigenvalue weighted by Crippen LogP contribution is -1.74. The van der Waals surface area contributed by atoms with Gasteiger partial charge in [-0.05, 0) is 18.1 Å². The summed E-state index contributed by atoms with van der Waals surface area (Å²) in [5, 5.41) is 8.40. The lowest BCUT2D eigenvalue weighted by atomic mass is 10.2. The minimum Gasteiger partial charge on any atom is -0.207 e. The molecule has 0 atom stereocenters. The van der Waals surface area contributed by atoms with Gasteiger partial charge in [-0.3, -0.25) is 0 Å². The van der Waals surface area contributed by atoms with Gasteiger partial charge in [-0.2, -0.15) is 5.26 Å². The van der Waals surface area contributed by atoms with Crippen LogP contribution in [0.1, 0.15) is 9.68 Å². The maximum atomic E-state index is 12.7. The fourth-order valence-electron chi connectivity index (χ4n) is 0.414. The largest absolute Gasteiger partial charge is 0.207 e. The van der Waals surface area contributed by atoms with Crippen LogP contribution in [-0.4, -0.2) is 0 Å². The van der Waals surface area contributed by atoms with Crippen molar-refractivity contribution in [1.29, 1.82) is 5.26 Å². The van der Waals surface area contributed by atoms with Crippen LogP contribution in [-0.2, 0) is 0 Å². The number of benzene rings is 1. The van der Waals surface area contributed by atoms with Crippen molar-refractivity contribution in [3.63, 3.8) is 0 Å². The molecule has 0 heterocycles. The van der Waals surface area contributed by atoms with E-state index in [-0.39, 0.29) is 11.6 Å². The second kappa shape index (κ2) is 2.27. The predicted octanol–water partition coefficient (Wildman–Crippen LogP) is 1.70. The van der Waals surface area contributed by atoms with Crippen LogP contribution in [0.5, 0.6) is 0 Å². The van der Waals surface area contributed by atoms with Crippen molar-refractivity contribution >= 4 is 0 Å². The Morgan fingerprint density at radius 1 is 1.67 bits per heavy atom. The normalized spacial score (nSPS) is 13.1. The fourth-order valence-corrected chi connectivity index (χ4v) is 0.414. The van der Waals surface area contributed by atoms with Gasteiger partial charge in [0.15, 0.2) is 0 Å². The van der Waals surface area contributed by atoms with Crippen LogP contribution in [0.25, 0.3) is 0 Å². The van der Waals surface area contributed by atoms with E-state index in [2.05, 4.69) is 0 Å². The molecule has 0 saturated heterocycles. The smallest absolute Gasteiger partial charge is 0.124 e. The summed E-state index contributed by atoms with van der Waals surface area (Å²) in [4.78, 5) is 0. The second-order valence-electron chi connectivity index (χ2n) is 1.36. The number of hydrogen-bond donors (Lipinski definition) is 0. The molecule has 0 radical (unpaired) electrons. The summed E-state index contributed by atoms with van der Waals surface area (Å²) in [6.45, 7) is 0. The maximum absolute atomic E-state index is 12.7. The van der Waals surface area contributed by atoms with Crippen LogP contribution in [0.15, 0.2) is 24.2 Å². The summed E-state index contributed by atoms with van der Waals surface area (Å²) in [6, 6.07) is 0.963. The van der Waals surface area contributed by atoms with E-state index in [1.165, 1.54) is 6.07 Å². The quantitative estimate of drug-likeness (QED) is 0.516. The number of nitriles is 1. The third-order valence-electron chi connectivity index (χ3n) is 0.762. The Bertz CT molecular complexity index is 370. The molecule has 2 heteroatoms. The van der Waals surface area contributed by atoms with Crippen molar-refractivity contribution in [3.05, 3.63) is 35.6 Å². The fraction of sp³-hybridized carbons (Fsp3) is 0. The van der Waals surface area contributed by atoms with E-state index in [1.807, 2.05) is 0 Å². The van der Waals surface area contributed by atoms with Gasteiger partial charge in [0.25, 0.3) is 0 Å². The Hall–Kier alpha value is -1.36. The van der Waals surface area contributed by atoms with Crippen molar-refractivity contribution in [2.45, 2.75) is 0 Å². The van der Waals surface area contributed by atoms with E-state index < -0.39 is 17.9 Å². The minimum absolute atomic E-state index is 0.283. The average Bonchev–Trinajstić information content (AvgIpc) is 2.01. The molecule has 0 unspecified atom stereocenters. The van der Waals surface area contributed by atoms with Crippen LogP contribution < -0.4 is 0 Å². The number of rotatable bonds is 0. The van der Waals surface area contributed by atoms with Crippen molar-refractivity contribution in [1.82, 2.24) is 0 Å². The molecule has 0 bridgehead atoms. The molecular weight excluding hydrogens is 117 g/mol. The molecule has 0 aliphatic carbocycles. The number of halogens is 1. The topological polar surface area (TPSA) is 23.8 Å². The van der Waals surface area contributed by atoms with E-state index in [9.17, 15) is 4.39 Å². The Morgan fingerprint density at radius 2 is 2.44 bits per heavy atom. The standard InChI is InChI=1S/C7H4FN/c8-7-3-1-2-6(4-7)5-9/h1-4H/i2D,3D,4D. The van der Waals surface area contributed by atoms with E-state index in [0.717, 1.165) is 6.07 Å². The van der Waals surface area contributed by atoms with E-state index in [1.54, 1.807) is 0 Å². The monoisotopic (exact) mass is 124 g/mol. The highest BCUT2D eigenvalue weighted by Gasteiger charge is 1.89. The Balaban J connectivity index is 3.54. The third-order valence-corrected chi connectivity index (χ3v) is 0.762. The summed E-state index contributed by atoms with van der Waals surface area (Å²) in [5.74, 6) is -1.05. The van der Waals surface area contributed by atoms with Crippen molar-refractivity contribution in [3.8, 4) is 6.07 Å². The van der Waals surface area contributed by atoms with Gasteiger partial charge in [-0.1, -0.05) is 6.07 Å². The average molecular weight is 124 g/mol. The molecule has 0 aromatic heterocycles. The molecule has 1 rings (SSSR count). The van der Waals surface area contributed by atoms with Gasteiger partial charge in [0.05, 0.1) is 15.7 Å². The molecule has 0 fully saturated rings. The summed E-state index contributed by atoms with van der Waals surface area (Å²) >= 11 is 0. The molecule has 1 nitrogen and oxygen atoms in total. The maximum Gasteiger partial charge on any atom is 0.124 e. The zero-order chi connectivity index (χ0) is 9.30. The first-order valence-corrected chi connectivity index (χ1v) is 2.24. The number of hydrogen-bond acceptors (Lipinski definition) is 1. The molecule has 9 heavy (non-hydrogen) atoms. The molecule has 0 amide bonds. The molecule has 0 aliphatic rings. The summed E-state index contributed by atoms with van der Waals surface area (Å²) in [7, 11) is 0. The van der Waals surface area contributed by atoms with Gasteiger partial charge in [0, 0.05) is 0 Å². The number of nitrogens with zero attached hydrogens (tertiary/aromatic N) is 1. The van der Waals surface area contributed by atoms with Crippen molar-refractivity contribution in [2.75, 3.05) is 0 Å². The van der Waals surface area contributed by atoms with Gasteiger partial charge in [0.2, 0.25) is 0 Å². The summed E-state index contributed by atoms with van der Waals surface area (Å²) in [5.41, 5.74) is -0.330. The molecule has 0 saturated carbocycles. The second-order valence-corrected chi connectivity index (χ2v) is 1.36. The van der Waals surface area contributed by atoms with E-state index >= 15 is 0 Å². The molecule has 1 aromatic carbocycles. The molecular formula is C7H4FN. The lowest BCUT2D eigenvalue weighted by Gasteiger charge is -1.85. The third kappa shape index (κ3) is 1.26. The Morgan fingerprint density at radius 3 is 3.11 bits per heavy atom. The van der Waals surface area contributed by atoms with Crippen LogP contribution in [0.4, 0.5) is 4.39 Å². The van der Waals surface area contributed by atoms with Crippen molar-refractivity contribution in [2.24, 2.45) is 0 Å². The van der Waals surface area contributed by atoms with Gasteiger partial charge in [-0.15, -0.1) is 0 Å². The first kappa shape index (κ1) is 2.98. The molecule has 1 aromatic rings. The highest BCUT2D eigenvalue weighted by atomic mass is 19.1. The molecule has 0 aliphatic heterocycles. The minimum atomic E-state index is -1.05. The zero-order valence-corrected chi connectivity index (χ0v) is 4.40. The lowest BCUT2D eigenvalue weighted by molar-refractivity contribution is 0.627. The SMILES string of the molecule is [2H]c1cc([2H])c(C#N)c([2H])c1F. The van der Waals surface area contributed by atoms with Gasteiger partial charge < -0.3 is 0 Å². The highest BCUT2D eigenvalue weighted by molar-refractivity contribution is 5.28. The first-order chi connectivity index (χ1) is 5.57. The predicted molar refractivity (Wildman–Crippen MR) is 31.1 cm³/mol. The van der Waals surface area contributed by atoms with Gasteiger partial charge in [-0.25, -0.2) is 4.39 Å². The first-order valence-electron chi connectivity index (χ1n) is 3.74. The van der Waals surface area contributed by atoms with Crippen LogP contribution in [0, 0.1) is 17.1 Å². The van der Waals surface area contributed by atoms with Gasteiger partial charge >= 0.3 is 0 Å². The Kier molecular flexibility index (Phi) is 0.751. The van der Waals surface area contributed by atoms with E-state index in [4.69, 9.17) is 9.37 Å².